The average Bonchev–Trinajstić information content (AvgIpc) is 3.39. The second-order valence-electron chi connectivity index (χ2n) is 18.0. The van der Waals surface area contributed by atoms with Crippen LogP contribution >= 0.6 is 0 Å². The molecular weight excluding hydrogens is 677 g/mol. The van der Waals surface area contributed by atoms with Gasteiger partial charge in [0, 0.05) is 44.7 Å². The van der Waals surface area contributed by atoms with E-state index in [2.05, 4.69) is 202 Å². The van der Waals surface area contributed by atoms with Crippen LogP contribution in [0.4, 0.5) is 34.1 Å². The van der Waals surface area contributed by atoms with Crippen molar-refractivity contribution in [2.24, 2.45) is 0 Å². The molecule has 9 rings (SSSR count). The highest BCUT2D eigenvalue weighted by Crippen LogP contribution is 2.62. The summed E-state index contributed by atoms with van der Waals surface area (Å²) in [6.07, 6.45) is 0. The van der Waals surface area contributed by atoms with Crippen LogP contribution in [-0.4, -0.2) is 0 Å². The zero-order valence-electron chi connectivity index (χ0n) is 35.3. The van der Waals surface area contributed by atoms with Crippen molar-refractivity contribution >= 4 is 44.9 Å². The van der Waals surface area contributed by atoms with Crippen LogP contribution in [0.15, 0.2) is 109 Å². The second-order valence-corrected chi connectivity index (χ2v) is 18.0. The van der Waals surface area contributed by atoms with E-state index in [0.29, 0.717) is 0 Å². The fourth-order valence-electron chi connectivity index (χ4n) is 9.55. The molecule has 0 spiro atoms. The number of hydrogen-bond donors (Lipinski definition) is 0. The Morgan fingerprint density at radius 3 is 1.16 bits per heavy atom. The lowest BCUT2D eigenvalue weighted by atomic mass is 9.68. The molecule has 2 heteroatoms. The molecule has 0 heterocycles. The van der Waals surface area contributed by atoms with E-state index >= 15 is 0 Å². The predicted octanol–water partition coefficient (Wildman–Crippen LogP) is 15.2. The van der Waals surface area contributed by atoms with Gasteiger partial charge in [0.25, 0.3) is 0 Å². The molecule has 7 aromatic rings. The molecule has 56 heavy (non-hydrogen) atoms. The molecule has 0 N–H and O–H groups in total. The van der Waals surface area contributed by atoms with Crippen LogP contribution in [-0.2, 0) is 10.8 Å². The van der Waals surface area contributed by atoms with Gasteiger partial charge in [0.1, 0.15) is 0 Å². The minimum absolute atomic E-state index is 0.243. The molecule has 2 nitrogen and oxygen atoms in total. The minimum Gasteiger partial charge on any atom is -0.310 e. The number of aryl methyl sites for hydroxylation is 8. The van der Waals surface area contributed by atoms with Gasteiger partial charge in [0.05, 0.1) is 5.69 Å². The number of hydrogen-bond acceptors (Lipinski definition) is 2. The zero-order valence-corrected chi connectivity index (χ0v) is 35.3. The van der Waals surface area contributed by atoms with Crippen LogP contribution in [0.3, 0.4) is 0 Å². The molecule has 280 valence electrons. The van der Waals surface area contributed by atoms with E-state index in [-0.39, 0.29) is 10.8 Å². The summed E-state index contributed by atoms with van der Waals surface area (Å²) in [7, 11) is 0. The second kappa shape index (κ2) is 12.5. The van der Waals surface area contributed by atoms with Gasteiger partial charge in [-0.05, 0) is 205 Å². The van der Waals surface area contributed by atoms with Crippen molar-refractivity contribution in [2.75, 3.05) is 9.80 Å². The van der Waals surface area contributed by atoms with Gasteiger partial charge in [-0.1, -0.05) is 70.2 Å². The SMILES string of the molecule is Cc1ccc(N(c2ccc(C)c(C)c2)c2cc3c4c(c2)C(C)(C)c2cccc5c(N(c6ccc(C)c(C)c6)c6ccc(C)c(C)c6)cc(c-4c25)C3(C)C)cc1C. The lowest BCUT2D eigenvalue weighted by Crippen LogP contribution is -2.25. The summed E-state index contributed by atoms with van der Waals surface area (Å²) >= 11 is 0. The fourth-order valence-corrected chi connectivity index (χ4v) is 9.55. The molecule has 0 fully saturated rings. The van der Waals surface area contributed by atoms with Crippen molar-refractivity contribution in [3.05, 3.63) is 176 Å². The molecule has 2 aliphatic rings. The number of nitrogens with zero attached hydrogens (tertiary/aromatic N) is 2. The molecule has 0 amide bonds. The minimum atomic E-state index is -0.248. The Labute approximate surface area is 334 Å². The Balaban J connectivity index is 1.35. The van der Waals surface area contributed by atoms with Gasteiger partial charge in [-0.3, -0.25) is 0 Å². The molecule has 0 unspecified atom stereocenters. The molecule has 7 aromatic carbocycles. The highest BCUT2D eigenvalue weighted by molar-refractivity contribution is 6.14. The van der Waals surface area contributed by atoms with E-state index in [9.17, 15) is 0 Å². The standard InChI is InChI=1S/C54H54N2/c1-31-16-20-39(24-35(31)5)55(40-21-17-32(2)36(6)25-40)43-28-46-51-47(29-43)54(11,12)48-30-49(44-14-13-15-45(53(46,9)10)50(44)52(48)51)56(41-22-18-33(3)37(7)26-41)42-23-19-34(4)38(8)27-42/h13-30H,1-12H3. The summed E-state index contributed by atoms with van der Waals surface area (Å²) in [5, 5.41) is 2.70. The van der Waals surface area contributed by atoms with Gasteiger partial charge < -0.3 is 9.80 Å². The molecular formula is C54H54N2. The van der Waals surface area contributed by atoms with Gasteiger partial charge >= 0.3 is 0 Å². The van der Waals surface area contributed by atoms with Gasteiger partial charge in [0.15, 0.2) is 0 Å². The molecule has 0 saturated heterocycles. The topological polar surface area (TPSA) is 6.48 Å². The predicted molar refractivity (Wildman–Crippen MR) is 241 cm³/mol. The summed E-state index contributed by atoms with van der Waals surface area (Å²) in [6.45, 7) is 27.5. The lowest BCUT2D eigenvalue weighted by molar-refractivity contribution is 0.639. The van der Waals surface area contributed by atoms with Crippen LogP contribution in [0.5, 0.6) is 0 Å². The van der Waals surface area contributed by atoms with Crippen LogP contribution in [0.1, 0.15) is 94.5 Å². The van der Waals surface area contributed by atoms with Crippen LogP contribution in [0, 0.1) is 55.4 Å². The van der Waals surface area contributed by atoms with Crippen molar-refractivity contribution < 1.29 is 0 Å². The van der Waals surface area contributed by atoms with Gasteiger partial charge in [-0.25, -0.2) is 0 Å². The number of rotatable bonds is 6. The highest BCUT2D eigenvalue weighted by Gasteiger charge is 2.46. The molecule has 0 aliphatic heterocycles. The Morgan fingerprint density at radius 2 is 0.732 bits per heavy atom. The average molecular weight is 731 g/mol. The summed E-state index contributed by atoms with van der Waals surface area (Å²) in [4.78, 5) is 5.01. The van der Waals surface area contributed by atoms with E-state index in [1.807, 2.05) is 0 Å². The Kier molecular flexibility index (Phi) is 8.02. The molecule has 0 saturated carbocycles. The van der Waals surface area contributed by atoms with Crippen molar-refractivity contribution in [2.45, 2.75) is 93.9 Å². The third-order valence-corrected chi connectivity index (χ3v) is 13.7. The third-order valence-electron chi connectivity index (χ3n) is 13.7. The van der Waals surface area contributed by atoms with E-state index in [4.69, 9.17) is 0 Å². The normalized spacial score (nSPS) is 14.4. The Hall–Kier alpha value is -5.60. The molecule has 2 aliphatic carbocycles. The van der Waals surface area contributed by atoms with Gasteiger partial charge in [-0.15, -0.1) is 0 Å². The monoisotopic (exact) mass is 730 g/mol. The molecule has 0 radical (unpaired) electrons. The largest absolute Gasteiger partial charge is 0.310 e. The summed E-state index contributed by atoms with van der Waals surface area (Å²) in [6, 6.07) is 42.3. The summed E-state index contributed by atoms with van der Waals surface area (Å²) in [5.74, 6) is 0. The van der Waals surface area contributed by atoms with Gasteiger partial charge in [-0.2, -0.15) is 0 Å². The first-order valence-electron chi connectivity index (χ1n) is 20.3. The quantitative estimate of drug-likeness (QED) is 0.168. The smallest absolute Gasteiger partial charge is 0.0543 e. The lowest BCUT2D eigenvalue weighted by Gasteiger charge is -2.37. The van der Waals surface area contributed by atoms with Crippen molar-refractivity contribution in [3.63, 3.8) is 0 Å². The summed E-state index contributed by atoms with van der Waals surface area (Å²) < 4.78 is 0. The first kappa shape index (κ1) is 36.1. The maximum atomic E-state index is 2.54. The van der Waals surface area contributed by atoms with Gasteiger partial charge in [0.2, 0.25) is 0 Å². The van der Waals surface area contributed by atoms with E-state index in [0.717, 1.165) is 0 Å². The Morgan fingerprint density at radius 1 is 0.339 bits per heavy atom. The maximum Gasteiger partial charge on any atom is 0.0543 e. The Bertz CT molecular complexity index is 2690. The van der Waals surface area contributed by atoms with Crippen LogP contribution in [0.2, 0.25) is 0 Å². The maximum absolute atomic E-state index is 2.54. The molecule has 0 bridgehead atoms. The molecule has 0 aromatic heterocycles. The zero-order chi connectivity index (χ0) is 39.6. The van der Waals surface area contributed by atoms with E-state index in [1.54, 1.807) is 0 Å². The first-order chi connectivity index (χ1) is 26.6. The van der Waals surface area contributed by atoms with E-state index in [1.165, 1.54) is 123 Å². The summed E-state index contributed by atoms with van der Waals surface area (Å²) in [5.41, 5.74) is 25.6. The van der Waals surface area contributed by atoms with E-state index < -0.39 is 0 Å². The van der Waals surface area contributed by atoms with Crippen molar-refractivity contribution in [1.82, 2.24) is 0 Å². The van der Waals surface area contributed by atoms with Crippen molar-refractivity contribution in [3.8, 4) is 11.1 Å². The van der Waals surface area contributed by atoms with Crippen LogP contribution in [0.25, 0.3) is 21.9 Å². The highest BCUT2D eigenvalue weighted by atomic mass is 15.1. The first-order valence-corrected chi connectivity index (χ1v) is 20.3. The third kappa shape index (κ3) is 5.22. The fraction of sp³-hybridized carbons (Fsp3) is 0.259. The van der Waals surface area contributed by atoms with Crippen molar-refractivity contribution in [1.29, 1.82) is 0 Å². The van der Waals surface area contributed by atoms with Crippen LogP contribution < -0.4 is 9.80 Å². The number of anilines is 6. The molecule has 0 atom stereocenters. The number of benzene rings is 7.